The lowest BCUT2D eigenvalue weighted by molar-refractivity contribution is -0.116. The molecule has 1 atom stereocenters. The van der Waals surface area contributed by atoms with Crippen molar-refractivity contribution in [3.63, 3.8) is 0 Å². The second-order valence-corrected chi connectivity index (χ2v) is 6.23. The SMILES string of the molecule is COCc1cccc(NC(C)C(=O)Nc2ccccc2C(C)C)c1. The molecule has 0 heterocycles. The van der Waals surface area contributed by atoms with Crippen LogP contribution in [0.25, 0.3) is 0 Å². The molecule has 1 unspecified atom stereocenters. The summed E-state index contributed by atoms with van der Waals surface area (Å²) in [5.41, 5.74) is 3.99. The molecule has 0 radical (unpaired) electrons. The lowest BCUT2D eigenvalue weighted by atomic mass is 10.0. The van der Waals surface area contributed by atoms with Gasteiger partial charge >= 0.3 is 0 Å². The summed E-state index contributed by atoms with van der Waals surface area (Å²) in [5, 5.41) is 6.27. The Morgan fingerprint density at radius 1 is 1.08 bits per heavy atom. The number of anilines is 2. The second-order valence-electron chi connectivity index (χ2n) is 6.23. The zero-order valence-electron chi connectivity index (χ0n) is 14.8. The number of carbonyl (C=O) groups excluding carboxylic acids is 1. The Bertz CT molecular complexity index is 683. The highest BCUT2D eigenvalue weighted by Gasteiger charge is 2.15. The summed E-state index contributed by atoms with van der Waals surface area (Å²) in [5.74, 6) is 0.302. The average Bonchev–Trinajstić information content (AvgIpc) is 2.55. The molecule has 2 N–H and O–H groups in total. The van der Waals surface area contributed by atoms with E-state index in [-0.39, 0.29) is 11.9 Å². The molecule has 0 saturated heterocycles. The molecule has 2 aromatic rings. The molecule has 2 aromatic carbocycles. The number of rotatable bonds is 7. The van der Waals surface area contributed by atoms with Crippen molar-refractivity contribution in [3.05, 3.63) is 59.7 Å². The molecule has 4 nitrogen and oxygen atoms in total. The highest BCUT2D eigenvalue weighted by molar-refractivity contribution is 5.96. The Balaban J connectivity index is 2.04. The highest BCUT2D eigenvalue weighted by Crippen LogP contribution is 2.24. The van der Waals surface area contributed by atoms with Gasteiger partial charge in [-0.15, -0.1) is 0 Å². The van der Waals surface area contributed by atoms with Crippen molar-refractivity contribution in [2.45, 2.75) is 39.3 Å². The Kier molecular flexibility index (Phi) is 6.38. The summed E-state index contributed by atoms with van der Waals surface area (Å²) < 4.78 is 5.14. The summed E-state index contributed by atoms with van der Waals surface area (Å²) in [6.45, 7) is 6.65. The molecular weight excluding hydrogens is 300 g/mol. The van der Waals surface area contributed by atoms with Crippen molar-refractivity contribution in [2.24, 2.45) is 0 Å². The number of methoxy groups -OCH3 is 1. The largest absolute Gasteiger partial charge is 0.380 e. The summed E-state index contributed by atoms with van der Waals surface area (Å²) in [6.07, 6.45) is 0. The standard InChI is InChI=1S/C20H26N2O2/c1-14(2)18-10-5-6-11-19(18)22-20(23)15(3)21-17-9-7-8-16(12-17)13-24-4/h5-12,14-15,21H,13H2,1-4H3,(H,22,23). The van der Waals surface area contributed by atoms with Gasteiger partial charge in [0.2, 0.25) is 5.91 Å². The van der Waals surface area contributed by atoms with Crippen LogP contribution in [-0.4, -0.2) is 19.1 Å². The minimum Gasteiger partial charge on any atom is -0.380 e. The molecule has 0 saturated carbocycles. The average molecular weight is 326 g/mol. The Morgan fingerprint density at radius 2 is 1.83 bits per heavy atom. The maximum Gasteiger partial charge on any atom is 0.246 e. The Labute approximate surface area is 144 Å². The van der Waals surface area contributed by atoms with Crippen molar-refractivity contribution in [3.8, 4) is 0 Å². The van der Waals surface area contributed by atoms with Crippen LogP contribution in [-0.2, 0) is 16.1 Å². The summed E-state index contributed by atoms with van der Waals surface area (Å²) in [4.78, 5) is 12.5. The molecular formula is C20H26N2O2. The van der Waals surface area contributed by atoms with Gasteiger partial charge in [0.05, 0.1) is 6.61 Å². The van der Waals surface area contributed by atoms with Crippen molar-refractivity contribution in [2.75, 3.05) is 17.7 Å². The number of benzene rings is 2. The van der Waals surface area contributed by atoms with Gasteiger partial charge < -0.3 is 15.4 Å². The lowest BCUT2D eigenvalue weighted by Gasteiger charge is -2.18. The van der Waals surface area contributed by atoms with E-state index in [1.165, 1.54) is 0 Å². The van der Waals surface area contributed by atoms with Crippen molar-refractivity contribution >= 4 is 17.3 Å². The fourth-order valence-electron chi connectivity index (χ4n) is 2.59. The van der Waals surface area contributed by atoms with Crippen molar-refractivity contribution in [1.29, 1.82) is 0 Å². The number of ether oxygens (including phenoxy) is 1. The van der Waals surface area contributed by atoms with Crippen molar-refractivity contribution in [1.82, 2.24) is 0 Å². The summed E-state index contributed by atoms with van der Waals surface area (Å²) in [6, 6.07) is 15.5. The first-order valence-electron chi connectivity index (χ1n) is 8.25. The van der Waals surface area contributed by atoms with Gasteiger partial charge in [0.1, 0.15) is 6.04 Å². The van der Waals surface area contributed by atoms with E-state index in [1.807, 2.05) is 55.5 Å². The molecule has 0 spiro atoms. The van der Waals surface area contributed by atoms with Gasteiger partial charge in [-0.05, 0) is 42.2 Å². The minimum atomic E-state index is -0.344. The van der Waals surface area contributed by atoms with Crippen LogP contribution in [0.3, 0.4) is 0 Å². The third kappa shape index (κ3) is 4.83. The third-order valence-electron chi connectivity index (χ3n) is 3.86. The highest BCUT2D eigenvalue weighted by atomic mass is 16.5. The molecule has 24 heavy (non-hydrogen) atoms. The first kappa shape index (κ1) is 18.0. The van der Waals surface area contributed by atoms with Crippen LogP contribution >= 0.6 is 0 Å². The topological polar surface area (TPSA) is 50.4 Å². The van der Waals surface area contributed by atoms with Crippen LogP contribution < -0.4 is 10.6 Å². The fraction of sp³-hybridized carbons (Fsp3) is 0.350. The monoisotopic (exact) mass is 326 g/mol. The normalized spacial score (nSPS) is 12.0. The fourth-order valence-corrected chi connectivity index (χ4v) is 2.59. The van der Waals surface area contributed by atoms with Crippen molar-refractivity contribution < 1.29 is 9.53 Å². The van der Waals surface area contributed by atoms with Crippen LogP contribution in [0.4, 0.5) is 11.4 Å². The van der Waals surface area contributed by atoms with E-state index in [2.05, 4.69) is 24.5 Å². The van der Waals surface area contributed by atoms with E-state index in [1.54, 1.807) is 7.11 Å². The van der Waals surface area contributed by atoms with Crippen LogP contribution in [0.5, 0.6) is 0 Å². The predicted octanol–water partition coefficient (Wildman–Crippen LogP) is 4.40. The lowest BCUT2D eigenvalue weighted by Crippen LogP contribution is -2.32. The maximum atomic E-state index is 12.5. The number of nitrogens with one attached hydrogen (secondary N) is 2. The number of hydrogen-bond acceptors (Lipinski definition) is 3. The van der Waals surface area contributed by atoms with Gasteiger partial charge in [0, 0.05) is 18.5 Å². The third-order valence-corrected chi connectivity index (χ3v) is 3.86. The number of amides is 1. The molecule has 0 aliphatic rings. The molecule has 4 heteroatoms. The molecule has 1 amide bonds. The molecule has 0 aliphatic heterocycles. The molecule has 0 aromatic heterocycles. The molecule has 2 rings (SSSR count). The number of hydrogen-bond donors (Lipinski definition) is 2. The van der Waals surface area contributed by atoms with Crippen LogP contribution in [0.2, 0.25) is 0 Å². The van der Waals surface area contributed by atoms with Crippen LogP contribution in [0.15, 0.2) is 48.5 Å². The molecule has 0 aliphatic carbocycles. The van der Waals surface area contributed by atoms with Gasteiger partial charge in [-0.2, -0.15) is 0 Å². The van der Waals surface area contributed by atoms with Gasteiger partial charge in [-0.25, -0.2) is 0 Å². The summed E-state index contributed by atoms with van der Waals surface area (Å²) in [7, 11) is 1.67. The Hall–Kier alpha value is -2.33. The minimum absolute atomic E-state index is 0.0553. The van der Waals surface area contributed by atoms with Crippen LogP contribution in [0.1, 0.15) is 37.8 Å². The van der Waals surface area contributed by atoms with Gasteiger partial charge in [-0.3, -0.25) is 4.79 Å². The van der Waals surface area contributed by atoms with E-state index in [9.17, 15) is 4.79 Å². The zero-order chi connectivity index (χ0) is 17.5. The molecule has 0 fully saturated rings. The molecule has 0 bridgehead atoms. The van der Waals surface area contributed by atoms with E-state index in [4.69, 9.17) is 4.74 Å². The van der Waals surface area contributed by atoms with Crippen LogP contribution in [0, 0.1) is 0 Å². The number of para-hydroxylation sites is 1. The van der Waals surface area contributed by atoms with Gasteiger partial charge in [-0.1, -0.05) is 44.2 Å². The molecule has 128 valence electrons. The van der Waals surface area contributed by atoms with E-state index >= 15 is 0 Å². The smallest absolute Gasteiger partial charge is 0.246 e. The number of carbonyl (C=O) groups is 1. The van der Waals surface area contributed by atoms with E-state index in [0.29, 0.717) is 12.5 Å². The van der Waals surface area contributed by atoms with E-state index in [0.717, 1.165) is 22.5 Å². The maximum absolute atomic E-state index is 12.5. The first-order valence-corrected chi connectivity index (χ1v) is 8.25. The van der Waals surface area contributed by atoms with Gasteiger partial charge in [0.25, 0.3) is 0 Å². The summed E-state index contributed by atoms with van der Waals surface area (Å²) >= 11 is 0. The van der Waals surface area contributed by atoms with E-state index < -0.39 is 0 Å². The first-order chi connectivity index (χ1) is 11.5. The quantitative estimate of drug-likeness (QED) is 0.793. The second kappa shape index (κ2) is 8.50. The van der Waals surface area contributed by atoms with Gasteiger partial charge in [0.15, 0.2) is 0 Å². The predicted molar refractivity (Wildman–Crippen MR) is 99.4 cm³/mol. The zero-order valence-corrected chi connectivity index (χ0v) is 14.8. The Morgan fingerprint density at radius 3 is 2.54 bits per heavy atom.